The maximum Gasteiger partial charge on any atom is 0.336 e. The summed E-state index contributed by atoms with van der Waals surface area (Å²) in [6, 6.07) is 3.23. The number of carbonyl (C=O) groups is 1. The molecule has 2 aromatic carbocycles. The lowest BCUT2D eigenvalue weighted by Gasteiger charge is -2.12. The number of aromatic carboxylic acids is 1. The molecule has 0 fully saturated rings. The number of aryl methyl sites for hydroxylation is 3. The second-order valence-electron chi connectivity index (χ2n) is 6.91. The molecule has 0 aliphatic heterocycles. The molecule has 5 nitrogen and oxygen atoms in total. The minimum absolute atomic E-state index is 0.0827. The van der Waals surface area contributed by atoms with E-state index in [0.29, 0.717) is 16.7 Å². The Balaban J connectivity index is 2.21. The summed E-state index contributed by atoms with van der Waals surface area (Å²) in [6.45, 7) is 10.9. The first-order chi connectivity index (χ1) is 12.6. The van der Waals surface area contributed by atoms with Gasteiger partial charge < -0.3 is 9.63 Å². The normalized spacial score (nSPS) is 11.1. The SMILES string of the molecule is Cc1cc(F)c(-c2nc(-c3c(C)cc(C)c(C(=O)O)c3C)no2)c(C)c1C. The number of hydrogen-bond donors (Lipinski definition) is 1. The fourth-order valence-electron chi connectivity index (χ4n) is 3.58. The van der Waals surface area contributed by atoms with Gasteiger partial charge in [-0.05, 0) is 81.0 Å². The molecule has 6 heteroatoms. The summed E-state index contributed by atoms with van der Waals surface area (Å²) >= 11 is 0. The Morgan fingerprint density at radius 1 is 0.926 bits per heavy atom. The van der Waals surface area contributed by atoms with E-state index in [2.05, 4.69) is 10.1 Å². The lowest BCUT2D eigenvalue weighted by molar-refractivity contribution is 0.0695. The second kappa shape index (κ2) is 6.61. The van der Waals surface area contributed by atoms with E-state index in [1.807, 2.05) is 27.7 Å². The molecule has 0 amide bonds. The topological polar surface area (TPSA) is 76.2 Å². The summed E-state index contributed by atoms with van der Waals surface area (Å²) in [7, 11) is 0. The zero-order valence-corrected chi connectivity index (χ0v) is 16.2. The van der Waals surface area contributed by atoms with Crippen molar-refractivity contribution in [1.82, 2.24) is 10.1 Å². The zero-order chi connectivity index (χ0) is 20.0. The molecule has 27 heavy (non-hydrogen) atoms. The summed E-state index contributed by atoms with van der Waals surface area (Å²) in [6.07, 6.45) is 0. The Bertz CT molecular complexity index is 1080. The molecular weight excluding hydrogens is 347 g/mol. The van der Waals surface area contributed by atoms with Gasteiger partial charge >= 0.3 is 5.97 Å². The van der Waals surface area contributed by atoms with Crippen LogP contribution in [0, 0.1) is 47.4 Å². The van der Waals surface area contributed by atoms with Gasteiger partial charge in [0.05, 0.1) is 11.1 Å². The lowest BCUT2D eigenvalue weighted by atomic mass is 9.93. The number of carboxylic acids is 1. The van der Waals surface area contributed by atoms with Crippen molar-refractivity contribution < 1.29 is 18.8 Å². The summed E-state index contributed by atoms with van der Waals surface area (Å²) < 4.78 is 19.9. The van der Waals surface area contributed by atoms with Gasteiger partial charge in [-0.1, -0.05) is 11.2 Å². The highest BCUT2D eigenvalue weighted by atomic mass is 19.1. The largest absolute Gasteiger partial charge is 0.478 e. The molecule has 0 aliphatic carbocycles. The van der Waals surface area contributed by atoms with E-state index in [4.69, 9.17) is 4.52 Å². The van der Waals surface area contributed by atoms with Gasteiger partial charge in [-0.2, -0.15) is 4.98 Å². The van der Waals surface area contributed by atoms with Crippen LogP contribution in [0.2, 0.25) is 0 Å². The molecule has 0 saturated carbocycles. The average Bonchev–Trinajstić information content (AvgIpc) is 3.01. The summed E-state index contributed by atoms with van der Waals surface area (Å²) in [4.78, 5) is 16.0. The van der Waals surface area contributed by atoms with Gasteiger partial charge in [0.15, 0.2) is 0 Å². The van der Waals surface area contributed by atoms with Crippen LogP contribution in [-0.2, 0) is 0 Å². The Morgan fingerprint density at radius 2 is 1.59 bits per heavy atom. The Morgan fingerprint density at radius 3 is 2.22 bits per heavy atom. The van der Waals surface area contributed by atoms with Crippen LogP contribution in [0.25, 0.3) is 22.8 Å². The monoisotopic (exact) mass is 368 g/mol. The van der Waals surface area contributed by atoms with Crippen LogP contribution in [0.5, 0.6) is 0 Å². The molecule has 0 atom stereocenters. The highest BCUT2D eigenvalue weighted by Crippen LogP contribution is 2.34. The van der Waals surface area contributed by atoms with E-state index in [9.17, 15) is 14.3 Å². The summed E-state index contributed by atoms with van der Waals surface area (Å²) in [5, 5.41) is 13.5. The standard InChI is InChI=1S/C21H21FN2O3/c1-9-8-15(22)18(13(5)12(9)4)20-23-19(24-27-20)16-10(2)7-11(3)17(14(16)6)21(25)26/h7-8H,1-6H3,(H,25,26). The number of hydrogen-bond acceptors (Lipinski definition) is 4. The van der Waals surface area contributed by atoms with Crippen molar-refractivity contribution in [2.45, 2.75) is 41.5 Å². The number of rotatable bonds is 3. The second-order valence-corrected chi connectivity index (χ2v) is 6.91. The molecule has 140 valence electrons. The maximum absolute atomic E-state index is 14.6. The Kier molecular flexibility index (Phi) is 4.59. The zero-order valence-electron chi connectivity index (χ0n) is 16.2. The Labute approximate surface area is 156 Å². The van der Waals surface area contributed by atoms with Crippen LogP contribution in [-0.4, -0.2) is 21.2 Å². The third-order valence-electron chi connectivity index (χ3n) is 5.16. The number of carboxylic acid groups (broad SMARTS) is 1. The smallest absolute Gasteiger partial charge is 0.336 e. The average molecular weight is 368 g/mol. The fourth-order valence-corrected chi connectivity index (χ4v) is 3.58. The number of aromatic nitrogens is 2. The predicted octanol–water partition coefficient (Wildman–Crippen LogP) is 5.09. The van der Waals surface area contributed by atoms with Crippen LogP contribution >= 0.6 is 0 Å². The molecule has 0 unspecified atom stereocenters. The van der Waals surface area contributed by atoms with E-state index in [-0.39, 0.29) is 22.8 Å². The van der Waals surface area contributed by atoms with Gasteiger partial charge in [0.25, 0.3) is 5.89 Å². The highest BCUT2D eigenvalue weighted by molar-refractivity contribution is 5.94. The van der Waals surface area contributed by atoms with Gasteiger partial charge in [0.2, 0.25) is 5.82 Å². The van der Waals surface area contributed by atoms with Gasteiger partial charge in [-0.3, -0.25) is 0 Å². The van der Waals surface area contributed by atoms with Crippen molar-refractivity contribution in [1.29, 1.82) is 0 Å². The molecule has 0 spiro atoms. The molecule has 3 aromatic rings. The van der Waals surface area contributed by atoms with Crippen molar-refractivity contribution in [3.63, 3.8) is 0 Å². The minimum atomic E-state index is -1.01. The number of halogens is 1. The fraction of sp³-hybridized carbons (Fsp3) is 0.286. The molecule has 1 N–H and O–H groups in total. The maximum atomic E-state index is 14.6. The van der Waals surface area contributed by atoms with Crippen molar-refractivity contribution in [3.8, 4) is 22.8 Å². The van der Waals surface area contributed by atoms with Crippen LogP contribution in [0.15, 0.2) is 16.7 Å². The van der Waals surface area contributed by atoms with E-state index in [1.54, 1.807) is 19.9 Å². The third kappa shape index (κ3) is 3.01. The summed E-state index contributed by atoms with van der Waals surface area (Å²) in [5.41, 5.74) is 5.70. The van der Waals surface area contributed by atoms with Crippen molar-refractivity contribution in [3.05, 3.63) is 56.9 Å². The van der Waals surface area contributed by atoms with Gasteiger partial charge in [0.1, 0.15) is 5.82 Å². The van der Waals surface area contributed by atoms with Crippen LogP contribution in [0.4, 0.5) is 4.39 Å². The first-order valence-electron chi connectivity index (χ1n) is 8.58. The molecular formula is C21H21FN2O3. The van der Waals surface area contributed by atoms with Crippen LogP contribution in [0.1, 0.15) is 43.7 Å². The first kappa shape index (κ1) is 18.8. The van der Waals surface area contributed by atoms with E-state index in [1.165, 1.54) is 6.07 Å². The predicted molar refractivity (Wildman–Crippen MR) is 101 cm³/mol. The molecule has 0 aliphatic rings. The van der Waals surface area contributed by atoms with Gasteiger partial charge in [-0.25, -0.2) is 9.18 Å². The quantitative estimate of drug-likeness (QED) is 0.697. The molecule has 1 aromatic heterocycles. The van der Waals surface area contributed by atoms with E-state index < -0.39 is 11.8 Å². The lowest BCUT2D eigenvalue weighted by Crippen LogP contribution is -2.06. The van der Waals surface area contributed by atoms with Gasteiger partial charge in [0, 0.05) is 5.56 Å². The molecule has 3 rings (SSSR count). The van der Waals surface area contributed by atoms with Crippen molar-refractivity contribution in [2.24, 2.45) is 0 Å². The van der Waals surface area contributed by atoms with Crippen LogP contribution < -0.4 is 0 Å². The molecule has 1 heterocycles. The minimum Gasteiger partial charge on any atom is -0.478 e. The van der Waals surface area contributed by atoms with Crippen LogP contribution in [0.3, 0.4) is 0 Å². The molecule has 0 radical (unpaired) electrons. The molecule has 0 bridgehead atoms. The summed E-state index contributed by atoms with van der Waals surface area (Å²) in [5.74, 6) is -1.10. The van der Waals surface area contributed by atoms with E-state index >= 15 is 0 Å². The number of benzene rings is 2. The van der Waals surface area contributed by atoms with E-state index in [0.717, 1.165) is 22.3 Å². The Hall–Kier alpha value is -3.02. The third-order valence-corrected chi connectivity index (χ3v) is 5.16. The molecule has 0 saturated heterocycles. The van der Waals surface area contributed by atoms with Crippen molar-refractivity contribution in [2.75, 3.05) is 0 Å². The first-order valence-corrected chi connectivity index (χ1v) is 8.58. The number of nitrogens with zero attached hydrogens (tertiary/aromatic N) is 2. The van der Waals surface area contributed by atoms with Crippen molar-refractivity contribution >= 4 is 5.97 Å². The van der Waals surface area contributed by atoms with Gasteiger partial charge in [-0.15, -0.1) is 0 Å². The highest BCUT2D eigenvalue weighted by Gasteiger charge is 2.23.